The van der Waals surface area contributed by atoms with Crippen molar-refractivity contribution in [2.45, 2.75) is 25.7 Å². The summed E-state index contributed by atoms with van der Waals surface area (Å²) < 4.78 is 15.5. The van der Waals surface area contributed by atoms with E-state index in [0.29, 0.717) is 54.3 Å². The first-order valence-electron chi connectivity index (χ1n) is 12.8. The minimum absolute atomic E-state index is 0. The van der Waals surface area contributed by atoms with Crippen LogP contribution in [0.25, 0.3) is 5.65 Å². The molecule has 38 heavy (non-hydrogen) atoms. The van der Waals surface area contributed by atoms with E-state index in [-0.39, 0.29) is 30.1 Å². The third kappa shape index (κ3) is 5.81. The number of urea groups is 1. The zero-order valence-corrected chi connectivity index (χ0v) is 22.3. The predicted molar refractivity (Wildman–Crippen MR) is 147 cm³/mol. The van der Waals surface area contributed by atoms with E-state index in [1.165, 1.54) is 22.9 Å². The van der Waals surface area contributed by atoms with Gasteiger partial charge in [0.05, 0.1) is 23.3 Å². The summed E-state index contributed by atoms with van der Waals surface area (Å²) in [6, 6.07) is 7.64. The lowest BCUT2D eigenvalue weighted by atomic mass is 10.0. The van der Waals surface area contributed by atoms with Gasteiger partial charge in [-0.1, -0.05) is 12.8 Å². The van der Waals surface area contributed by atoms with Gasteiger partial charge in [0.25, 0.3) is 5.91 Å². The number of pyridine rings is 1. The highest BCUT2D eigenvalue weighted by Gasteiger charge is 2.24. The minimum atomic E-state index is -0.443. The van der Waals surface area contributed by atoms with Crippen molar-refractivity contribution in [3.8, 4) is 0 Å². The van der Waals surface area contributed by atoms with E-state index in [0.717, 1.165) is 38.8 Å². The average molecular weight is 542 g/mol. The monoisotopic (exact) mass is 541 g/mol. The highest BCUT2D eigenvalue weighted by molar-refractivity contribution is 6.15. The molecule has 2 aliphatic rings. The number of carbonyl (C=O) groups is 2. The summed E-state index contributed by atoms with van der Waals surface area (Å²) in [5.41, 5.74) is 2.24. The molecule has 1 aromatic carbocycles. The van der Waals surface area contributed by atoms with Crippen LogP contribution in [-0.2, 0) is 0 Å². The Balaban J connectivity index is 0.00000336. The van der Waals surface area contributed by atoms with Crippen LogP contribution >= 0.6 is 12.4 Å². The molecule has 3 aromatic rings. The highest BCUT2D eigenvalue weighted by Crippen LogP contribution is 2.25. The summed E-state index contributed by atoms with van der Waals surface area (Å²) in [6.45, 7) is 4.16. The second kappa shape index (κ2) is 11.9. The fourth-order valence-corrected chi connectivity index (χ4v) is 4.94. The maximum atomic E-state index is 14.0. The molecule has 2 fully saturated rings. The molecule has 9 nitrogen and oxygen atoms in total. The number of likely N-dealkylation sites (tertiary alicyclic amines) is 1. The van der Waals surface area contributed by atoms with Crippen LogP contribution in [0.15, 0.2) is 42.7 Å². The van der Waals surface area contributed by atoms with Gasteiger partial charge in [-0.2, -0.15) is 0 Å². The Bertz CT molecular complexity index is 1330. The van der Waals surface area contributed by atoms with Crippen molar-refractivity contribution < 1.29 is 14.0 Å². The van der Waals surface area contributed by atoms with Gasteiger partial charge in [-0.05, 0) is 50.2 Å². The van der Waals surface area contributed by atoms with Crippen LogP contribution in [0.2, 0.25) is 0 Å². The van der Waals surface area contributed by atoms with E-state index in [1.807, 2.05) is 11.9 Å². The topological polar surface area (TPSA) is 97.0 Å². The molecule has 0 atom stereocenters. The van der Waals surface area contributed by atoms with E-state index in [4.69, 9.17) is 5.41 Å². The van der Waals surface area contributed by atoms with Gasteiger partial charge in [-0.15, -0.1) is 12.4 Å². The van der Waals surface area contributed by atoms with Gasteiger partial charge in [0.2, 0.25) is 0 Å². The number of nitrogens with one attached hydrogen (secondary N) is 2. The predicted octanol–water partition coefficient (Wildman–Crippen LogP) is 4.11. The van der Waals surface area contributed by atoms with Gasteiger partial charge in [0.1, 0.15) is 11.5 Å². The number of aromatic nitrogens is 2. The van der Waals surface area contributed by atoms with Crippen molar-refractivity contribution in [3.05, 3.63) is 65.4 Å². The number of amides is 3. The second-order valence-corrected chi connectivity index (χ2v) is 9.78. The Morgan fingerprint density at radius 3 is 2.37 bits per heavy atom. The molecule has 11 heteroatoms. The summed E-state index contributed by atoms with van der Waals surface area (Å²) in [6.07, 6.45) is 6.99. The van der Waals surface area contributed by atoms with Gasteiger partial charge in [0.15, 0.2) is 0 Å². The number of hydrogen-bond acceptors (Lipinski definition) is 5. The maximum absolute atomic E-state index is 14.0. The Labute approximate surface area is 227 Å². The fraction of sp³-hybridized carbons (Fsp3) is 0.407. The summed E-state index contributed by atoms with van der Waals surface area (Å²) in [5.74, 6) is -0.520. The van der Waals surface area contributed by atoms with Gasteiger partial charge >= 0.3 is 6.03 Å². The zero-order chi connectivity index (χ0) is 25.9. The van der Waals surface area contributed by atoms with Gasteiger partial charge in [-0.25, -0.2) is 14.2 Å². The van der Waals surface area contributed by atoms with Crippen molar-refractivity contribution in [1.82, 2.24) is 24.1 Å². The van der Waals surface area contributed by atoms with Crippen LogP contribution in [0.3, 0.4) is 0 Å². The number of anilines is 1. The fourth-order valence-electron chi connectivity index (χ4n) is 4.94. The van der Waals surface area contributed by atoms with E-state index < -0.39 is 5.82 Å². The van der Waals surface area contributed by atoms with E-state index in [1.54, 1.807) is 29.2 Å². The molecule has 0 spiro atoms. The number of piperazine rings is 1. The highest BCUT2D eigenvalue weighted by atomic mass is 35.5. The zero-order valence-electron chi connectivity index (χ0n) is 21.5. The minimum Gasteiger partial charge on any atom is -0.339 e. The van der Waals surface area contributed by atoms with Gasteiger partial charge in [-0.3, -0.25) is 14.6 Å². The molecule has 2 aliphatic heterocycles. The summed E-state index contributed by atoms with van der Waals surface area (Å²) in [7, 11) is 2.02. The molecular weight excluding hydrogens is 509 g/mol. The molecule has 202 valence electrons. The number of rotatable bonds is 4. The van der Waals surface area contributed by atoms with Gasteiger partial charge in [0, 0.05) is 56.6 Å². The first-order valence-corrected chi connectivity index (χ1v) is 12.8. The number of fused-ring (bicyclic) bond motifs is 1. The molecule has 3 amide bonds. The Hall–Kier alpha value is -3.50. The van der Waals surface area contributed by atoms with Crippen LogP contribution in [0.5, 0.6) is 0 Å². The lowest BCUT2D eigenvalue weighted by Crippen LogP contribution is -2.48. The first-order chi connectivity index (χ1) is 17.9. The van der Waals surface area contributed by atoms with Gasteiger partial charge < -0.3 is 20.0 Å². The summed E-state index contributed by atoms with van der Waals surface area (Å²) in [4.78, 5) is 36.6. The van der Waals surface area contributed by atoms with E-state index >= 15 is 0 Å². The first kappa shape index (κ1) is 27.5. The molecule has 2 aromatic heterocycles. The number of benzene rings is 1. The van der Waals surface area contributed by atoms with Crippen LogP contribution in [0.4, 0.5) is 14.9 Å². The molecular formula is C27H33ClFN7O2. The Morgan fingerprint density at radius 1 is 0.947 bits per heavy atom. The summed E-state index contributed by atoms with van der Waals surface area (Å²) in [5, 5.41) is 11.9. The molecule has 0 unspecified atom stereocenters. The van der Waals surface area contributed by atoms with Crippen molar-refractivity contribution in [1.29, 1.82) is 5.41 Å². The maximum Gasteiger partial charge on any atom is 0.321 e. The molecule has 4 heterocycles. The number of nitrogens with zero attached hydrogens (tertiary/aromatic N) is 5. The largest absolute Gasteiger partial charge is 0.339 e. The number of carbonyl (C=O) groups excluding carboxylic acids is 2. The Kier molecular flexibility index (Phi) is 8.63. The molecule has 5 rings (SSSR count). The number of halogens is 2. The van der Waals surface area contributed by atoms with E-state index in [9.17, 15) is 14.0 Å². The molecule has 2 saturated heterocycles. The van der Waals surface area contributed by atoms with Crippen LogP contribution in [0.1, 0.15) is 47.3 Å². The lowest BCUT2D eigenvalue weighted by Gasteiger charge is -2.32. The number of imidazole rings is 1. The standard InChI is InChI=1S/C27H32FN7O2.ClH/c1-32-12-14-34(15-13-32)27(37)31-22-16-19(26(36)33-10-4-2-3-5-11-33)6-8-21(22)25(29)23-17-30-24-9-7-20(28)18-35(23)24;/h6-9,16-18,29H,2-5,10-15H2,1H3,(H,31,37);1H. The van der Waals surface area contributed by atoms with Crippen LogP contribution < -0.4 is 5.32 Å². The summed E-state index contributed by atoms with van der Waals surface area (Å²) >= 11 is 0. The third-order valence-electron chi connectivity index (χ3n) is 7.19. The van der Waals surface area contributed by atoms with Crippen LogP contribution in [-0.4, -0.2) is 88.1 Å². The average Bonchev–Trinajstić information content (AvgIpc) is 3.12. The molecule has 0 radical (unpaired) electrons. The third-order valence-corrected chi connectivity index (χ3v) is 7.19. The molecule has 0 bridgehead atoms. The lowest BCUT2D eigenvalue weighted by molar-refractivity contribution is 0.0761. The molecule has 2 N–H and O–H groups in total. The smallest absolute Gasteiger partial charge is 0.321 e. The molecule has 0 aliphatic carbocycles. The second-order valence-electron chi connectivity index (χ2n) is 9.78. The number of hydrogen-bond donors (Lipinski definition) is 2. The van der Waals surface area contributed by atoms with Crippen molar-refractivity contribution in [2.75, 3.05) is 51.6 Å². The van der Waals surface area contributed by atoms with Crippen molar-refractivity contribution in [3.63, 3.8) is 0 Å². The van der Waals surface area contributed by atoms with E-state index in [2.05, 4.69) is 15.2 Å². The quantitative estimate of drug-likeness (QED) is 0.486. The molecule has 0 saturated carbocycles. The normalized spacial score (nSPS) is 16.6. The number of likely N-dealkylation sites (N-methyl/N-ethyl adjacent to an activating group) is 1. The SMILES string of the molecule is CN1CCN(C(=O)Nc2cc(C(=O)N3CCCCCC3)ccc2C(=N)c2cnc3ccc(F)cn23)CC1.Cl. The Morgan fingerprint density at radius 2 is 1.66 bits per heavy atom. The van der Waals surface area contributed by atoms with Crippen molar-refractivity contribution in [2.24, 2.45) is 0 Å². The van der Waals surface area contributed by atoms with Crippen molar-refractivity contribution >= 4 is 41.4 Å². The van der Waals surface area contributed by atoms with Crippen LogP contribution in [0, 0.1) is 11.2 Å².